The lowest BCUT2D eigenvalue weighted by atomic mass is 9.95. The van der Waals surface area contributed by atoms with Crippen LogP contribution in [0.25, 0.3) is 0 Å². The molecule has 1 aliphatic heterocycles. The van der Waals surface area contributed by atoms with Crippen molar-refractivity contribution in [1.82, 2.24) is 0 Å². The first kappa shape index (κ1) is 8.53. The van der Waals surface area contributed by atoms with Gasteiger partial charge in [-0.05, 0) is 12.3 Å². The van der Waals surface area contributed by atoms with Gasteiger partial charge in [0.15, 0.2) is 5.60 Å². The molecule has 0 spiro atoms. The number of epoxide rings is 1. The molecule has 0 radical (unpaired) electrons. The fourth-order valence-corrected chi connectivity index (χ4v) is 1.47. The van der Waals surface area contributed by atoms with E-state index in [0.29, 0.717) is 12.3 Å². The van der Waals surface area contributed by atoms with E-state index in [2.05, 4.69) is 0 Å². The van der Waals surface area contributed by atoms with Gasteiger partial charge < -0.3 is 9.84 Å². The van der Waals surface area contributed by atoms with E-state index in [1.807, 2.05) is 20.8 Å². The number of aliphatic carboxylic acids is 1. The molecule has 3 nitrogen and oxygen atoms in total. The highest BCUT2D eigenvalue weighted by molar-refractivity contribution is 5.81. The van der Waals surface area contributed by atoms with Crippen LogP contribution in [0.3, 0.4) is 0 Å². The topological polar surface area (TPSA) is 49.8 Å². The van der Waals surface area contributed by atoms with Gasteiger partial charge in [0, 0.05) is 0 Å². The van der Waals surface area contributed by atoms with Crippen LogP contribution in [0.2, 0.25) is 0 Å². The molecule has 0 bridgehead atoms. The van der Waals surface area contributed by atoms with Gasteiger partial charge in [0.2, 0.25) is 0 Å². The Morgan fingerprint density at radius 3 is 2.36 bits per heavy atom. The highest BCUT2D eigenvalue weighted by Gasteiger charge is 2.62. The fraction of sp³-hybridized carbons (Fsp3) is 0.875. The van der Waals surface area contributed by atoms with E-state index in [1.165, 1.54) is 0 Å². The smallest absolute Gasteiger partial charge is 0.338 e. The third-order valence-corrected chi connectivity index (χ3v) is 2.23. The van der Waals surface area contributed by atoms with E-state index >= 15 is 0 Å². The van der Waals surface area contributed by atoms with Gasteiger partial charge in [-0.25, -0.2) is 4.79 Å². The van der Waals surface area contributed by atoms with Crippen LogP contribution in [0.5, 0.6) is 0 Å². The minimum Gasteiger partial charge on any atom is -0.479 e. The van der Waals surface area contributed by atoms with E-state index in [4.69, 9.17) is 9.84 Å². The molecule has 0 amide bonds. The van der Waals surface area contributed by atoms with Crippen molar-refractivity contribution in [2.45, 2.75) is 38.9 Å². The molecule has 3 heteroatoms. The number of carboxylic acid groups (broad SMARTS) is 1. The fourth-order valence-electron chi connectivity index (χ4n) is 1.47. The van der Waals surface area contributed by atoms with Crippen LogP contribution in [0.4, 0.5) is 0 Å². The molecule has 0 aliphatic carbocycles. The first-order chi connectivity index (χ1) is 5.04. The molecule has 1 heterocycles. The molecule has 2 unspecified atom stereocenters. The molecule has 2 atom stereocenters. The quantitative estimate of drug-likeness (QED) is 0.629. The maximum absolute atomic E-state index is 10.7. The van der Waals surface area contributed by atoms with Crippen molar-refractivity contribution in [2.24, 2.45) is 5.92 Å². The summed E-state index contributed by atoms with van der Waals surface area (Å²) in [5.74, 6) is -0.523. The highest BCUT2D eigenvalue weighted by Crippen LogP contribution is 2.44. The van der Waals surface area contributed by atoms with Gasteiger partial charge in [0.05, 0.1) is 0 Å². The zero-order valence-electron chi connectivity index (χ0n) is 7.13. The van der Waals surface area contributed by atoms with Crippen LogP contribution in [-0.4, -0.2) is 22.8 Å². The lowest BCUT2D eigenvalue weighted by molar-refractivity contribution is -0.143. The Morgan fingerprint density at radius 1 is 1.73 bits per heavy atom. The summed E-state index contributed by atoms with van der Waals surface area (Å²) < 4.78 is 5.18. The van der Waals surface area contributed by atoms with Crippen LogP contribution in [-0.2, 0) is 9.53 Å². The summed E-state index contributed by atoms with van der Waals surface area (Å²) in [6.07, 6.45) is 0.482. The molecule has 1 rings (SSSR count). The first-order valence-electron chi connectivity index (χ1n) is 3.95. The average Bonchev–Trinajstić information content (AvgIpc) is 2.62. The Morgan fingerprint density at radius 2 is 2.27 bits per heavy atom. The van der Waals surface area contributed by atoms with Crippen molar-refractivity contribution in [2.75, 3.05) is 0 Å². The van der Waals surface area contributed by atoms with Crippen molar-refractivity contribution >= 4 is 5.97 Å². The van der Waals surface area contributed by atoms with Crippen molar-refractivity contribution in [3.8, 4) is 0 Å². The molecule has 0 aromatic carbocycles. The van der Waals surface area contributed by atoms with Gasteiger partial charge in [-0.15, -0.1) is 0 Å². The summed E-state index contributed by atoms with van der Waals surface area (Å²) in [5, 5.41) is 8.80. The average molecular weight is 158 g/mol. The molecule has 64 valence electrons. The molecule has 1 fully saturated rings. The Kier molecular flexibility index (Phi) is 1.92. The molecule has 1 aliphatic rings. The van der Waals surface area contributed by atoms with Gasteiger partial charge in [-0.2, -0.15) is 0 Å². The summed E-state index contributed by atoms with van der Waals surface area (Å²) in [4.78, 5) is 10.7. The number of carboxylic acids is 1. The van der Waals surface area contributed by atoms with Gasteiger partial charge >= 0.3 is 5.97 Å². The van der Waals surface area contributed by atoms with Crippen LogP contribution < -0.4 is 0 Å². The second-order valence-corrected chi connectivity index (χ2v) is 3.33. The van der Waals surface area contributed by atoms with Crippen LogP contribution in [0, 0.1) is 5.92 Å². The molecule has 0 aromatic rings. The first-order valence-corrected chi connectivity index (χ1v) is 3.95. The predicted octanol–water partition coefficient (Wildman–Crippen LogP) is 1.27. The van der Waals surface area contributed by atoms with Gasteiger partial charge in [0.1, 0.15) is 6.10 Å². The molecule has 1 N–H and O–H groups in total. The third kappa shape index (κ3) is 1.13. The largest absolute Gasteiger partial charge is 0.479 e. The monoisotopic (exact) mass is 158 g/mol. The van der Waals surface area contributed by atoms with E-state index in [9.17, 15) is 4.79 Å². The molecule has 1 saturated heterocycles. The number of hydrogen-bond acceptors (Lipinski definition) is 2. The Hall–Kier alpha value is -0.570. The van der Waals surface area contributed by atoms with E-state index in [0.717, 1.165) is 0 Å². The molecule has 11 heavy (non-hydrogen) atoms. The standard InChI is InChI=1S/C8H14O3/c1-4-8(7(9)10)6(11-8)5(2)3/h5-6H,4H2,1-3H3,(H,9,10). The van der Waals surface area contributed by atoms with Crippen LogP contribution in [0.15, 0.2) is 0 Å². The van der Waals surface area contributed by atoms with Crippen LogP contribution in [0.1, 0.15) is 27.2 Å². The van der Waals surface area contributed by atoms with E-state index < -0.39 is 11.6 Å². The molecule has 0 aromatic heterocycles. The van der Waals surface area contributed by atoms with Gasteiger partial charge in [-0.1, -0.05) is 20.8 Å². The summed E-state index contributed by atoms with van der Waals surface area (Å²) in [6.45, 7) is 5.80. The summed E-state index contributed by atoms with van der Waals surface area (Å²) >= 11 is 0. The molecule has 0 saturated carbocycles. The van der Waals surface area contributed by atoms with Gasteiger partial charge in [0.25, 0.3) is 0 Å². The van der Waals surface area contributed by atoms with Crippen molar-refractivity contribution < 1.29 is 14.6 Å². The second-order valence-electron chi connectivity index (χ2n) is 3.33. The Bertz CT molecular complexity index is 176. The Labute approximate surface area is 66.4 Å². The third-order valence-electron chi connectivity index (χ3n) is 2.23. The van der Waals surface area contributed by atoms with E-state index in [-0.39, 0.29) is 6.10 Å². The Balaban J connectivity index is 2.64. The lowest BCUT2D eigenvalue weighted by Gasteiger charge is -2.04. The summed E-state index contributed by atoms with van der Waals surface area (Å²) in [7, 11) is 0. The van der Waals surface area contributed by atoms with Crippen molar-refractivity contribution in [1.29, 1.82) is 0 Å². The van der Waals surface area contributed by atoms with Gasteiger partial charge in [-0.3, -0.25) is 0 Å². The number of rotatable bonds is 3. The number of ether oxygens (including phenoxy) is 1. The maximum Gasteiger partial charge on any atom is 0.338 e. The normalized spacial score (nSPS) is 35.8. The molecular weight excluding hydrogens is 144 g/mol. The van der Waals surface area contributed by atoms with Crippen molar-refractivity contribution in [3.63, 3.8) is 0 Å². The summed E-state index contributed by atoms with van der Waals surface area (Å²) in [6, 6.07) is 0. The minimum atomic E-state index is -0.853. The minimum absolute atomic E-state index is 0.0787. The zero-order valence-corrected chi connectivity index (χ0v) is 7.13. The molecular formula is C8H14O3. The van der Waals surface area contributed by atoms with E-state index in [1.54, 1.807) is 0 Å². The number of carbonyl (C=O) groups is 1. The maximum atomic E-state index is 10.7. The SMILES string of the molecule is CCC1(C(=O)O)OC1C(C)C. The highest BCUT2D eigenvalue weighted by atomic mass is 16.6. The second kappa shape index (κ2) is 2.48. The summed E-state index contributed by atoms with van der Waals surface area (Å²) in [5.41, 5.74) is -0.853. The predicted molar refractivity (Wildman–Crippen MR) is 40.4 cm³/mol. The lowest BCUT2D eigenvalue weighted by Crippen LogP contribution is -2.27. The van der Waals surface area contributed by atoms with Crippen LogP contribution >= 0.6 is 0 Å². The van der Waals surface area contributed by atoms with Crippen molar-refractivity contribution in [3.05, 3.63) is 0 Å². The zero-order chi connectivity index (χ0) is 8.65. The number of hydrogen-bond donors (Lipinski definition) is 1.